The molecule has 6 heteroatoms. The molecule has 0 heterocycles. The lowest BCUT2D eigenvalue weighted by Crippen LogP contribution is -2.45. The number of nitrogens with one attached hydrogen (secondary N) is 1. The summed E-state index contributed by atoms with van der Waals surface area (Å²) in [7, 11) is -1.75. The van der Waals surface area contributed by atoms with Gasteiger partial charge in [0.15, 0.2) is 0 Å². The van der Waals surface area contributed by atoms with Crippen LogP contribution in [-0.2, 0) is 14.8 Å². The highest BCUT2D eigenvalue weighted by Gasteiger charge is 2.25. The highest BCUT2D eigenvalue weighted by Crippen LogP contribution is 2.06. The quantitative estimate of drug-likeness (QED) is 0.624. The number of rotatable bonds is 9. The number of ether oxygens (including phenoxy) is 1. The van der Waals surface area contributed by atoms with Crippen LogP contribution in [0.5, 0.6) is 0 Å². The van der Waals surface area contributed by atoms with Gasteiger partial charge in [-0.15, -0.1) is 0 Å². The second kappa shape index (κ2) is 8.00. The zero-order valence-electron chi connectivity index (χ0n) is 10.4. The number of hydrogen-bond acceptors (Lipinski definition) is 4. The molecule has 0 spiro atoms. The monoisotopic (exact) mass is 252 g/mol. The Morgan fingerprint density at radius 1 is 1.38 bits per heavy atom. The topological polar surface area (TPSA) is 81.4 Å². The van der Waals surface area contributed by atoms with Crippen LogP contribution >= 0.6 is 0 Å². The molecular weight excluding hydrogens is 228 g/mol. The maximum absolute atomic E-state index is 11.9. The van der Waals surface area contributed by atoms with Gasteiger partial charge in [-0.3, -0.25) is 0 Å². The molecule has 0 radical (unpaired) electrons. The molecule has 0 aliphatic rings. The Morgan fingerprint density at radius 2 is 2.00 bits per heavy atom. The van der Waals surface area contributed by atoms with Crippen LogP contribution in [0, 0.1) is 0 Å². The molecule has 0 saturated heterocycles. The summed E-state index contributed by atoms with van der Waals surface area (Å²) in [6.45, 7) is 4.38. The largest absolute Gasteiger partial charge is 0.383 e. The number of nitrogens with two attached hydrogens (primary N) is 1. The van der Waals surface area contributed by atoms with E-state index in [9.17, 15) is 8.42 Å². The van der Waals surface area contributed by atoms with Crippen LogP contribution in [0.1, 0.15) is 33.1 Å². The number of methoxy groups -OCH3 is 1. The van der Waals surface area contributed by atoms with Crippen molar-refractivity contribution in [2.45, 2.75) is 44.4 Å². The Bertz CT molecular complexity index is 257. The molecule has 0 rings (SSSR count). The Hall–Kier alpha value is -0.170. The fourth-order valence-corrected chi connectivity index (χ4v) is 3.10. The predicted octanol–water partition coefficient (Wildman–Crippen LogP) is 0.458. The number of sulfonamides is 1. The summed E-state index contributed by atoms with van der Waals surface area (Å²) in [5.74, 6) is 0. The van der Waals surface area contributed by atoms with E-state index in [1.807, 2.05) is 13.8 Å². The molecule has 3 N–H and O–H groups in total. The third-order valence-corrected chi connectivity index (χ3v) is 4.56. The molecule has 0 aliphatic heterocycles. The van der Waals surface area contributed by atoms with Gasteiger partial charge in [0.2, 0.25) is 10.0 Å². The van der Waals surface area contributed by atoms with Crippen LogP contribution in [0.4, 0.5) is 0 Å². The summed E-state index contributed by atoms with van der Waals surface area (Å²) in [6.07, 6.45) is 2.21. The average Bonchev–Trinajstić information content (AvgIpc) is 2.19. The van der Waals surface area contributed by atoms with Crippen LogP contribution in [0.3, 0.4) is 0 Å². The van der Waals surface area contributed by atoms with Crippen LogP contribution < -0.4 is 10.5 Å². The van der Waals surface area contributed by atoms with Gasteiger partial charge in [0.25, 0.3) is 0 Å². The average molecular weight is 252 g/mol. The van der Waals surface area contributed by atoms with Crippen LogP contribution in [0.25, 0.3) is 0 Å². The molecule has 0 aromatic heterocycles. The summed E-state index contributed by atoms with van der Waals surface area (Å²) >= 11 is 0. The van der Waals surface area contributed by atoms with Crippen LogP contribution in [0.2, 0.25) is 0 Å². The minimum atomic E-state index is -3.32. The SMILES string of the molecule is CCCC(COC)NS(=O)(=O)C(CC)CN. The summed E-state index contributed by atoms with van der Waals surface area (Å²) in [5.41, 5.74) is 5.44. The van der Waals surface area contributed by atoms with Crippen molar-refractivity contribution in [3.8, 4) is 0 Å². The van der Waals surface area contributed by atoms with E-state index >= 15 is 0 Å². The molecule has 98 valence electrons. The highest BCUT2D eigenvalue weighted by molar-refractivity contribution is 7.90. The fraction of sp³-hybridized carbons (Fsp3) is 1.00. The van der Waals surface area contributed by atoms with Crippen molar-refractivity contribution in [3.05, 3.63) is 0 Å². The van der Waals surface area contributed by atoms with Crippen molar-refractivity contribution in [1.82, 2.24) is 4.72 Å². The molecule has 0 bridgehead atoms. The highest BCUT2D eigenvalue weighted by atomic mass is 32.2. The lowest BCUT2D eigenvalue weighted by atomic mass is 10.2. The minimum Gasteiger partial charge on any atom is -0.383 e. The van der Waals surface area contributed by atoms with Gasteiger partial charge in [-0.25, -0.2) is 13.1 Å². The third-order valence-electron chi connectivity index (χ3n) is 2.49. The van der Waals surface area contributed by atoms with Crippen molar-refractivity contribution in [3.63, 3.8) is 0 Å². The maximum atomic E-state index is 11.9. The van der Waals surface area contributed by atoms with Gasteiger partial charge >= 0.3 is 0 Å². The van der Waals surface area contributed by atoms with E-state index < -0.39 is 15.3 Å². The van der Waals surface area contributed by atoms with Crippen molar-refractivity contribution in [2.24, 2.45) is 5.73 Å². The molecular formula is C10H24N2O3S. The van der Waals surface area contributed by atoms with Gasteiger partial charge in [0.05, 0.1) is 11.9 Å². The smallest absolute Gasteiger partial charge is 0.216 e. The van der Waals surface area contributed by atoms with Crippen molar-refractivity contribution in [1.29, 1.82) is 0 Å². The van der Waals surface area contributed by atoms with E-state index in [1.54, 1.807) is 7.11 Å². The summed E-state index contributed by atoms with van der Waals surface area (Å²) in [6, 6.07) is -0.152. The van der Waals surface area contributed by atoms with E-state index in [0.29, 0.717) is 13.0 Å². The minimum absolute atomic E-state index is 0.150. The third kappa shape index (κ3) is 5.25. The van der Waals surface area contributed by atoms with Crippen molar-refractivity contribution < 1.29 is 13.2 Å². The van der Waals surface area contributed by atoms with E-state index in [0.717, 1.165) is 12.8 Å². The summed E-state index contributed by atoms with van der Waals surface area (Å²) in [4.78, 5) is 0. The zero-order valence-corrected chi connectivity index (χ0v) is 11.2. The van der Waals surface area contributed by atoms with E-state index in [-0.39, 0.29) is 12.6 Å². The molecule has 0 aromatic carbocycles. The normalized spacial score (nSPS) is 16.0. The molecule has 2 unspecified atom stereocenters. The molecule has 2 atom stereocenters. The number of hydrogen-bond donors (Lipinski definition) is 2. The predicted molar refractivity (Wildman–Crippen MR) is 65.8 cm³/mol. The maximum Gasteiger partial charge on any atom is 0.216 e. The molecule has 0 aliphatic carbocycles. The zero-order chi connectivity index (χ0) is 12.6. The van der Waals surface area contributed by atoms with E-state index in [1.165, 1.54) is 0 Å². The molecule has 5 nitrogen and oxygen atoms in total. The van der Waals surface area contributed by atoms with Gasteiger partial charge in [-0.05, 0) is 12.8 Å². The van der Waals surface area contributed by atoms with Crippen molar-refractivity contribution in [2.75, 3.05) is 20.3 Å². The first-order valence-electron chi connectivity index (χ1n) is 5.71. The first-order chi connectivity index (χ1) is 7.51. The Morgan fingerprint density at radius 3 is 2.38 bits per heavy atom. The Kier molecular flexibility index (Phi) is 7.91. The Labute approximate surface area is 98.8 Å². The molecule has 16 heavy (non-hydrogen) atoms. The van der Waals surface area contributed by atoms with Crippen LogP contribution in [0.15, 0.2) is 0 Å². The standard InChI is InChI=1S/C10H24N2O3S/c1-4-6-9(8-15-3)12-16(13,14)10(5-2)7-11/h9-10,12H,4-8,11H2,1-3H3. The lowest BCUT2D eigenvalue weighted by Gasteiger charge is -2.21. The van der Waals surface area contributed by atoms with Gasteiger partial charge in [-0.2, -0.15) is 0 Å². The van der Waals surface area contributed by atoms with Gasteiger partial charge in [0.1, 0.15) is 0 Å². The molecule has 0 amide bonds. The van der Waals surface area contributed by atoms with Gasteiger partial charge in [-0.1, -0.05) is 20.3 Å². The van der Waals surface area contributed by atoms with Crippen LogP contribution in [-0.4, -0.2) is 40.0 Å². The second-order valence-corrected chi connectivity index (χ2v) is 5.86. The van der Waals surface area contributed by atoms with Gasteiger partial charge in [0, 0.05) is 19.7 Å². The summed E-state index contributed by atoms with van der Waals surface area (Å²) in [5, 5.41) is -0.510. The van der Waals surface area contributed by atoms with Gasteiger partial charge < -0.3 is 10.5 Å². The molecule has 0 fully saturated rings. The van der Waals surface area contributed by atoms with E-state index in [4.69, 9.17) is 10.5 Å². The summed E-state index contributed by atoms with van der Waals surface area (Å²) < 4.78 is 31.5. The molecule has 0 aromatic rings. The van der Waals surface area contributed by atoms with E-state index in [2.05, 4.69) is 4.72 Å². The Balaban J connectivity index is 4.51. The lowest BCUT2D eigenvalue weighted by molar-refractivity contribution is 0.171. The first kappa shape index (κ1) is 15.8. The van der Waals surface area contributed by atoms with Crippen molar-refractivity contribution >= 4 is 10.0 Å². The fourth-order valence-electron chi connectivity index (χ4n) is 1.57. The second-order valence-electron chi connectivity index (χ2n) is 3.87. The molecule has 0 saturated carbocycles. The first-order valence-corrected chi connectivity index (χ1v) is 7.26.